The number of halogens is 1. The molecule has 1 saturated heterocycles. The predicted octanol–water partition coefficient (Wildman–Crippen LogP) is 4.59. The molecule has 2 aromatic carbocycles. The molecular formula is C24H20ClNO7. The Morgan fingerprint density at radius 2 is 1.82 bits per heavy atom. The number of aliphatic hydroxyl groups excluding tert-OH is 1. The molecule has 0 saturated carbocycles. The number of methoxy groups -OCH3 is 2. The van der Waals surface area contributed by atoms with Crippen LogP contribution in [0.25, 0.3) is 5.76 Å². The zero-order valence-electron chi connectivity index (χ0n) is 18.0. The summed E-state index contributed by atoms with van der Waals surface area (Å²) in [5.41, 5.74) is 0.727. The van der Waals surface area contributed by atoms with E-state index in [1.54, 1.807) is 31.2 Å². The summed E-state index contributed by atoms with van der Waals surface area (Å²) in [4.78, 5) is 27.5. The summed E-state index contributed by atoms with van der Waals surface area (Å²) in [5.74, 6) is -1.97. The summed E-state index contributed by atoms with van der Waals surface area (Å²) in [6.45, 7) is 1.78. The maximum absolute atomic E-state index is 13.2. The predicted molar refractivity (Wildman–Crippen MR) is 121 cm³/mol. The van der Waals surface area contributed by atoms with Crippen molar-refractivity contribution in [1.29, 1.82) is 0 Å². The number of rotatable bonds is 5. The molecular weight excluding hydrogens is 450 g/mol. The molecule has 2 N–H and O–H groups in total. The number of benzene rings is 2. The second-order valence-electron chi connectivity index (χ2n) is 7.36. The molecule has 2 heterocycles. The number of nitrogens with zero attached hydrogens (tertiary/aromatic N) is 1. The molecule has 33 heavy (non-hydrogen) atoms. The fourth-order valence-electron chi connectivity index (χ4n) is 3.81. The van der Waals surface area contributed by atoms with Gasteiger partial charge in [-0.25, -0.2) is 0 Å². The standard InChI is InChI=1S/C24H20ClNO7/c1-12-6-7-16(27)15(9-12)26-21(17-5-4-8-33-17)20(23(29)24(26)30)22(28)13-10-19(32-3)14(25)11-18(13)31-2/h4-11,21,27-28H,1-3H3/b22-20+. The molecule has 1 aliphatic heterocycles. The van der Waals surface area contributed by atoms with E-state index in [2.05, 4.69) is 0 Å². The molecule has 1 aromatic heterocycles. The summed E-state index contributed by atoms with van der Waals surface area (Å²) in [5, 5.41) is 22.0. The first-order valence-corrected chi connectivity index (χ1v) is 10.2. The molecule has 1 unspecified atom stereocenters. The lowest BCUT2D eigenvalue weighted by atomic mass is 9.98. The van der Waals surface area contributed by atoms with Crippen LogP contribution in [-0.2, 0) is 9.59 Å². The number of carbonyl (C=O) groups excluding carboxylic acids is 2. The zero-order chi connectivity index (χ0) is 23.9. The van der Waals surface area contributed by atoms with E-state index < -0.39 is 23.5 Å². The van der Waals surface area contributed by atoms with E-state index in [9.17, 15) is 19.8 Å². The number of anilines is 1. The smallest absolute Gasteiger partial charge is 0.300 e. The number of Topliss-reactive ketones (excluding diaryl/α,β-unsaturated/α-hetero) is 1. The van der Waals surface area contributed by atoms with Gasteiger partial charge in [-0.05, 0) is 42.8 Å². The summed E-state index contributed by atoms with van der Waals surface area (Å²) in [6.07, 6.45) is 1.39. The van der Waals surface area contributed by atoms with Gasteiger partial charge in [0.2, 0.25) is 0 Å². The van der Waals surface area contributed by atoms with E-state index >= 15 is 0 Å². The first-order valence-electron chi connectivity index (χ1n) is 9.84. The van der Waals surface area contributed by atoms with Gasteiger partial charge in [-0.15, -0.1) is 0 Å². The molecule has 3 aromatic rings. The second kappa shape index (κ2) is 8.55. The fourth-order valence-corrected chi connectivity index (χ4v) is 4.04. The van der Waals surface area contributed by atoms with Gasteiger partial charge in [-0.3, -0.25) is 14.5 Å². The lowest BCUT2D eigenvalue weighted by Gasteiger charge is -2.24. The first kappa shape index (κ1) is 22.3. The van der Waals surface area contributed by atoms with Crippen LogP contribution < -0.4 is 14.4 Å². The van der Waals surface area contributed by atoms with Crippen LogP contribution in [0.15, 0.2) is 58.7 Å². The highest BCUT2D eigenvalue weighted by molar-refractivity contribution is 6.52. The average molecular weight is 470 g/mol. The topological polar surface area (TPSA) is 109 Å². The van der Waals surface area contributed by atoms with Crippen molar-refractivity contribution in [1.82, 2.24) is 0 Å². The van der Waals surface area contributed by atoms with Crippen LogP contribution in [-0.4, -0.2) is 36.1 Å². The number of aryl methyl sites for hydroxylation is 1. The molecule has 4 rings (SSSR count). The van der Waals surface area contributed by atoms with Crippen molar-refractivity contribution in [2.24, 2.45) is 0 Å². The minimum atomic E-state index is -1.14. The molecule has 1 fully saturated rings. The fraction of sp³-hybridized carbons (Fsp3) is 0.167. The van der Waals surface area contributed by atoms with E-state index in [0.717, 1.165) is 10.5 Å². The number of carbonyl (C=O) groups is 2. The summed E-state index contributed by atoms with van der Waals surface area (Å²) in [7, 11) is 2.78. The Hall–Kier alpha value is -3.91. The van der Waals surface area contributed by atoms with Gasteiger partial charge < -0.3 is 24.1 Å². The van der Waals surface area contributed by atoms with Crippen molar-refractivity contribution in [2.45, 2.75) is 13.0 Å². The number of ketones is 1. The van der Waals surface area contributed by atoms with Crippen LogP contribution in [0.5, 0.6) is 17.2 Å². The van der Waals surface area contributed by atoms with E-state index in [4.69, 9.17) is 25.5 Å². The van der Waals surface area contributed by atoms with Gasteiger partial charge in [-0.1, -0.05) is 17.7 Å². The van der Waals surface area contributed by atoms with Gasteiger partial charge in [0.1, 0.15) is 34.8 Å². The summed E-state index contributed by atoms with van der Waals surface area (Å²) < 4.78 is 16.1. The Morgan fingerprint density at radius 1 is 1.09 bits per heavy atom. The number of phenols is 1. The number of aliphatic hydroxyl groups is 1. The van der Waals surface area contributed by atoms with Crippen molar-refractivity contribution in [2.75, 3.05) is 19.1 Å². The molecule has 170 valence electrons. The molecule has 1 atom stereocenters. The summed E-state index contributed by atoms with van der Waals surface area (Å²) >= 11 is 6.17. The Balaban J connectivity index is 2.00. The number of amides is 1. The first-order chi connectivity index (χ1) is 15.8. The lowest BCUT2D eigenvalue weighted by molar-refractivity contribution is -0.132. The summed E-state index contributed by atoms with van der Waals surface area (Å²) in [6, 6.07) is 9.54. The molecule has 8 nitrogen and oxygen atoms in total. The number of furan rings is 1. The molecule has 0 radical (unpaired) electrons. The van der Waals surface area contributed by atoms with Crippen molar-refractivity contribution in [3.05, 3.63) is 76.2 Å². The van der Waals surface area contributed by atoms with Crippen LogP contribution in [0.2, 0.25) is 5.02 Å². The van der Waals surface area contributed by atoms with Crippen molar-refractivity contribution in [3.8, 4) is 17.2 Å². The SMILES string of the molecule is COc1cc(/C(O)=C2\C(=O)C(=O)N(c3cc(C)ccc3O)C2c2ccco2)c(OC)cc1Cl. The molecule has 0 spiro atoms. The number of hydrogen-bond donors (Lipinski definition) is 2. The van der Waals surface area contributed by atoms with Gasteiger partial charge in [0, 0.05) is 6.07 Å². The third-order valence-electron chi connectivity index (χ3n) is 5.38. The van der Waals surface area contributed by atoms with Crippen LogP contribution in [0.4, 0.5) is 5.69 Å². The minimum Gasteiger partial charge on any atom is -0.507 e. The Kier molecular flexibility index (Phi) is 5.78. The minimum absolute atomic E-state index is 0.0989. The van der Waals surface area contributed by atoms with Crippen LogP contribution in [0, 0.1) is 6.92 Å². The van der Waals surface area contributed by atoms with Gasteiger partial charge in [0.25, 0.3) is 11.7 Å². The van der Waals surface area contributed by atoms with Crippen LogP contribution in [0.3, 0.4) is 0 Å². The molecule has 1 aliphatic rings. The van der Waals surface area contributed by atoms with E-state index in [1.807, 2.05) is 0 Å². The van der Waals surface area contributed by atoms with E-state index in [0.29, 0.717) is 0 Å². The third-order valence-corrected chi connectivity index (χ3v) is 5.67. The van der Waals surface area contributed by atoms with Crippen LogP contribution >= 0.6 is 11.6 Å². The highest BCUT2D eigenvalue weighted by atomic mass is 35.5. The number of ether oxygens (including phenoxy) is 2. The van der Waals surface area contributed by atoms with Crippen molar-refractivity contribution in [3.63, 3.8) is 0 Å². The largest absolute Gasteiger partial charge is 0.507 e. The second-order valence-corrected chi connectivity index (χ2v) is 7.77. The average Bonchev–Trinajstić information content (AvgIpc) is 3.42. The zero-order valence-corrected chi connectivity index (χ0v) is 18.7. The Labute approximate surface area is 194 Å². The number of hydrogen-bond acceptors (Lipinski definition) is 7. The van der Waals surface area contributed by atoms with Crippen LogP contribution in [0.1, 0.15) is 22.9 Å². The van der Waals surface area contributed by atoms with Gasteiger partial charge in [0.05, 0.1) is 42.3 Å². The van der Waals surface area contributed by atoms with E-state index in [1.165, 1.54) is 38.7 Å². The Bertz CT molecular complexity index is 1280. The number of phenolic OH excluding ortho intramolecular Hbond substituents is 1. The van der Waals surface area contributed by atoms with E-state index in [-0.39, 0.29) is 44.9 Å². The molecule has 1 amide bonds. The monoisotopic (exact) mass is 469 g/mol. The highest BCUT2D eigenvalue weighted by Crippen LogP contribution is 2.46. The number of aromatic hydroxyl groups is 1. The quantitative estimate of drug-likeness (QED) is 0.319. The molecule has 0 aliphatic carbocycles. The normalized spacial score (nSPS) is 17.5. The van der Waals surface area contributed by atoms with Crippen molar-refractivity contribution < 1.29 is 33.7 Å². The van der Waals surface area contributed by atoms with Gasteiger partial charge >= 0.3 is 0 Å². The van der Waals surface area contributed by atoms with Gasteiger partial charge in [0.15, 0.2) is 0 Å². The van der Waals surface area contributed by atoms with Crippen molar-refractivity contribution >= 4 is 34.7 Å². The maximum Gasteiger partial charge on any atom is 0.300 e. The lowest BCUT2D eigenvalue weighted by Crippen LogP contribution is -2.29. The highest BCUT2D eigenvalue weighted by Gasteiger charge is 2.49. The molecule has 9 heteroatoms. The maximum atomic E-state index is 13.2. The molecule has 0 bridgehead atoms. The third kappa shape index (κ3) is 3.68. The Morgan fingerprint density at radius 3 is 2.45 bits per heavy atom. The van der Waals surface area contributed by atoms with Gasteiger partial charge in [-0.2, -0.15) is 0 Å².